The minimum absolute atomic E-state index is 0.0899. The standard InChI is InChI=1S/C15H17NO4S/c1-2-8-5-10-11(6-8)14(18)16(13(10)17)7-9-3-4-21-12(9)15(19)20/h3-4,8,10-11H,2,5-7H2,1H3,(H,19,20). The quantitative estimate of drug-likeness (QED) is 0.867. The van der Waals surface area contributed by atoms with E-state index in [4.69, 9.17) is 5.11 Å². The lowest BCUT2D eigenvalue weighted by Crippen LogP contribution is -2.32. The molecule has 1 aromatic rings. The SMILES string of the molecule is CCC1CC2C(=O)N(Cc3ccsc3C(=O)O)C(=O)C2C1. The Kier molecular flexibility index (Phi) is 3.57. The van der Waals surface area contributed by atoms with Gasteiger partial charge in [0.05, 0.1) is 18.4 Å². The molecule has 1 N–H and O–H groups in total. The number of hydrogen-bond donors (Lipinski definition) is 1. The van der Waals surface area contributed by atoms with Gasteiger partial charge in [-0.25, -0.2) is 4.79 Å². The Morgan fingerprint density at radius 2 is 1.95 bits per heavy atom. The molecule has 6 heteroatoms. The Morgan fingerprint density at radius 1 is 1.33 bits per heavy atom. The molecule has 1 aliphatic carbocycles. The molecule has 2 heterocycles. The van der Waals surface area contributed by atoms with Crippen LogP contribution in [0, 0.1) is 17.8 Å². The first kappa shape index (κ1) is 14.3. The molecule has 1 saturated carbocycles. The number of carbonyl (C=O) groups is 3. The van der Waals surface area contributed by atoms with Gasteiger partial charge >= 0.3 is 5.97 Å². The first-order valence-corrected chi connectivity index (χ1v) is 8.05. The zero-order valence-corrected chi connectivity index (χ0v) is 12.6. The Morgan fingerprint density at radius 3 is 2.48 bits per heavy atom. The van der Waals surface area contributed by atoms with Crippen molar-refractivity contribution in [1.82, 2.24) is 4.90 Å². The number of amides is 2. The molecule has 0 spiro atoms. The lowest BCUT2D eigenvalue weighted by atomic mass is 10.00. The van der Waals surface area contributed by atoms with Crippen LogP contribution >= 0.6 is 11.3 Å². The number of carboxylic acids is 1. The average Bonchev–Trinajstić information content (AvgIpc) is 3.13. The molecule has 0 radical (unpaired) electrons. The average molecular weight is 307 g/mol. The van der Waals surface area contributed by atoms with Crippen molar-refractivity contribution >= 4 is 29.1 Å². The first-order chi connectivity index (χ1) is 10.0. The molecule has 1 aromatic heterocycles. The highest BCUT2D eigenvalue weighted by molar-refractivity contribution is 7.12. The number of imide groups is 1. The molecule has 5 nitrogen and oxygen atoms in total. The van der Waals surface area contributed by atoms with Gasteiger partial charge in [-0.2, -0.15) is 0 Å². The van der Waals surface area contributed by atoms with Gasteiger partial charge < -0.3 is 5.11 Å². The highest BCUT2D eigenvalue weighted by Gasteiger charge is 2.52. The van der Waals surface area contributed by atoms with Crippen LogP contribution in [0.4, 0.5) is 0 Å². The molecular weight excluding hydrogens is 290 g/mol. The van der Waals surface area contributed by atoms with Gasteiger partial charge in [0.25, 0.3) is 0 Å². The summed E-state index contributed by atoms with van der Waals surface area (Å²) < 4.78 is 0. The van der Waals surface area contributed by atoms with Crippen molar-refractivity contribution in [2.75, 3.05) is 0 Å². The van der Waals surface area contributed by atoms with Gasteiger partial charge in [-0.05, 0) is 35.8 Å². The van der Waals surface area contributed by atoms with Crippen LogP contribution in [-0.4, -0.2) is 27.8 Å². The van der Waals surface area contributed by atoms with E-state index in [2.05, 4.69) is 6.92 Å². The third kappa shape index (κ3) is 2.27. The normalized spacial score (nSPS) is 28.2. The number of thiophene rings is 1. The van der Waals surface area contributed by atoms with Crippen LogP contribution in [0.1, 0.15) is 41.4 Å². The topological polar surface area (TPSA) is 74.7 Å². The van der Waals surface area contributed by atoms with E-state index < -0.39 is 5.97 Å². The van der Waals surface area contributed by atoms with Crippen molar-refractivity contribution in [2.24, 2.45) is 17.8 Å². The second-order valence-electron chi connectivity index (χ2n) is 5.80. The monoisotopic (exact) mass is 307 g/mol. The number of nitrogens with zero attached hydrogens (tertiary/aromatic N) is 1. The van der Waals surface area contributed by atoms with Gasteiger partial charge in [-0.15, -0.1) is 11.3 Å². The summed E-state index contributed by atoms with van der Waals surface area (Å²) >= 11 is 1.12. The molecule has 2 unspecified atom stereocenters. The molecule has 0 bridgehead atoms. The second-order valence-corrected chi connectivity index (χ2v) is 6.72. The molecule has 1 saturated heterocycles. The number of rotatable bonds is 4. The van der Waals surface area contributed by atoms with E-state index in [0.717, 1.165) is 30.6 Å². The second kappa shape index (κ2) is 5.26. The lowest BCUT2D eigenvalue weighted by molar-refractivity contribution is -0.141. The van der Waals surface area contributed by atoms with Crippen LogP contribution in [-0.2, 0) is 16.1 Å². The number of carboxylic acid groups (broad SMARTS) is 1. The fourth-order valence-corrected chi connectivity index (χ4v) is 4.26. The molecule has 2 aliphatic rings. The van der Waals surface area contributed by atoms with Gasteiger partial charge in [0.15, 0.2) is 0 Å². The predicted octanol–water partition coefficient (Wildman–Crippen LogP) is 2.37. The van der Waals surface area contributed by atoms with Crippen molar-refractivity contribution in [3.05, 3.63) is 21.9 Å². The number of aromatic carboxylic acids is 1. The molecular formula is C15H17NO4S. The Hall–Kier alpha value is -1.69. The van der Waals surface area contributed by atoms with E-state index in [1.807, 2.05) is 0 Å². The summed E-state index contributed by atoms with van der Waals surface area (Å²) in [5.74, 6) is -1.16. The van der Waals surface area contributed by atoms with Crippen molar-refractivity contribution < 1.29 is 19.5 Å². The van der Waals surface area contributed by atoms with E-state index in [1.165, 1.54) is 4.90 Å². The van der Waals surface area contributed by atoms with Crippen molar-refractivity contribution in [1.29, 1.82) is 0 Å². The van der Waals surface area contributed by atoms with Crippen LogP contribution in [0.3, 0.4) is 0 Å². The van der Waals surface area contributed by atoms with E-state index in [1.54, 1.807) is 11.4 Å². The van der Waals surface area contributed by atoms with Crippen LogP contribution in [0.5, 0.6) is 0 Å². The van der Waals surface area contributed by atoms with Gasteiger partial charge in [0, 0.05) is 0 Å². The highest BCUT2D eigenvalue weighted by atomic mass is 32.1. The van der Waals surface area contributed by atoms with Gasteiger partial charge in [0.1, 0.15) is 4.88 Å². The van der Waals surface area contributed by atoms with Crippen LogP contribution in [0.15, 0.2) is 11.4 Å². The van der Waals surface area contributed by atoms with E-state index in [9.17, 15) is 14.4 Å². The van der Waals surface area contributed by atoms with E-state index in [0.29, 0.717) is 11.5 Å². The first-order valence-electron chi connectivity index (χ1n) is 7.17. The fraction of sp³-hybridized carbons (Fsp3) is 0.533. The Bertz CT molecular complexity index is 585. The van der Waals surface area contributed by atoms with Crippen molar-refractivity contribution in [3.8, 4) is 0 Å². The minimum Gasteiger partial charge on any atom is -0.477 e. The third-order valence-electron chi connectivity index (χ3n) is 4.67. The summed E-state index contributed by atoms with van der Waals surface area (Å²) in [6.45, 7) is 2.18. The third-order valence-corrected chi connectivity index (χ3v) is 5.62. The Labute approximate surface area is 126 Å². The summed E-state index contributed by atoms with van der Waals surface area (Å²) in [6, 6.07) is 1.68. The number of carbonyl (C=O) groups excluding carboxylic acids is 2. The molecule has 2 fully saturated rings. The molecule has 2 amide bonds. The Balaban J connectivity index is 1.79. The molecule has 21 heavy (non-hydrogen) atoms. The van der Waals surface area contributed by atoms with Gasteiger partial charge in [-0.3, -0.25) is 14.5 Å². The number of likely N-dealkylation sites (tertiary alicyclic amines) is 1. The maximum Gasteiger partial charge on any atom is 0.346 e. The highest BCUT2D eigenvalue weighted by Crippen LogP contribution is 2.44. The maximum absolute atomic E-state index is 12.4. The summed E-state index contributed by atoms with van der Waals surface area (Å²) in [5, 5.41) is 10.8. The largest absolute Gasteiger partial charge is 0.477 e. The zero-order valence-electron chi connectivity index (χ0n) is 11.7. The molecule has 1 aliphatic heterocycles. The molecule has 2 atom stereocenters. The summed E-state index contributed by atoms with van der Waals surface area (Å²) in [4.78, 5) is 37.4. The van der Waals surface area contributed by atoms with E-state index in [-0.39, 0.29) is 35.1 Å². The summed E-state index contributed by atoms with van der Waals surface area (Å²) in [5.41, 5.74) is 0.543. The zero-order chi connectivity index (χ0) is 15.1. The predicted molar refractivity (Wildman–Crippen MR) is 76.8 cm³/mol. The van der Waals surface area contributed by atoms with Crippen LogP contribution < -0.4 is 0 Å². The van der Waals surface area contributed by atoms with Crippen LogP contribution in [0.25, 0.3) is 0 Å². The molecule has 0 aromatic carbocycles. The summed E-state index contributed by atoms with van der Waals surface area (Å²) in [6.07, 6.45) is 2.58. The minimum atomic E-state index is -1.01. The lowest BCUT2D eigenvalue weighted by Gasteiger charge is -2.17. The number of fused-ring (bicyclic) bond motifs is 1. The van der Waals surface area contributed by atoms with Crippen LogP contribution in [0.2, 0.25) is 0 Å². The maximum atomic E-state index is 12.4. The van der Waals surface area contributed by atoms with E-state index >= 15 is 0 Å². The fourth-order valence-electron chi connectivity index (χ4n) is 3.51. The summed E-state index contributed by atoms with van der Waals surface area (Å²) in [7, 11) is 0. The van der Waals surface area contributed by atoms with Gasteiger partial charge in [0.2, 0.25) is 11.8 Å². The molecule has 3 rings (SSSR count). The van der Waals surface area contributed by atoms with Crippen molar-refractivity contribution in [3.63, 3.8) is 0 Å². The van der Waals surface area contributed by atoms with Gasteiger partial charge in [-0.1, -0.05) is 13.3 Å². The number of hydrogen-bond acceptors (Lipinski definition) is 4. The molecule has 112 valence electrons. The smallest absolute Gasteiger partial charge is 0.346 e. The van der Waals surface area contributed by atoms with Crippen molar-refractivity contribution in [2.45, 2.75) is 32.7 Å².